The summed E-state index contributed by atoms with van der Waals surface area (Å²) in [6.45, 7) is 12.9. The van der Waals surface area contributed by atoms with Crippen LogP contribution in [0.25, 0.3) is 11.3 Å². The maximum Gasteiger partial charge on any atom is 0.227 e. The second kappa shape index (κ2) is 10.0. The van der Waals surface area contributed by atoms with E-state index >= 15 is 0 Å². The van der Waals surface area contributed by atoms with Crippen molar-refractivity contribution >= 4 is 11.8 Å². The van der Waals surface area contributed by atoms with Crippen LogP contribution in [-0.4, -0.2) is 91.9 Å². The van der Waals surface area contributed by atoms with Gasteiger partial charge in [0.2, 0.25) is 5.95 Å². The van der Waals surface area contributed by atoms with Gasteiger partial charge in [-0.15, -0.1) is 0 Å². The maximum absolute atomic E-state index is 5.44. The highest BCUT2D eigenvalue weighted by Gasteiger charge is 2.19. The first-order valence-corrected chi connectivity index (χ1v) is 10.8. The summed E-state index contributed by atoms with van der Waals surface area (Å²) in [6, 6.07) is 12.4. The van der Waals surface area contributed by atoms with Crippen LogP contribution in [0.5, 0.6) is 0 Å². The molecule has 4 rings (SSSR count). The summed E-state index contributed by atoms with van der Waals surface area (Å²) in [5.74, 6) is 1.73. The van der Waals surface area contributed by atoms with Crippen molar-refractivity contribution < 1.29 is 4.74 Å². The van der Waals surface area contributed by atoms with Gasteiger partial charge in [-0.2, -0.15) is 4.98 Å². The Hall–Kier alpha value is -2.22. The summed E-state index contributed by atoms with van der Waals surface area (Å²) in [4.78, 5) is 17.0. The van der Waals surface area contributed by atoms with Gasteiger partial charge in [0.05, 0.1) is 18.9 Å². The second-order valence-electron chi connectivity index (χ2n) is 7.61. The van der Waals surface area contributed by atoms with E-state index in [1.54, 1.807) is 0 Å². The number of ether oxygens (including phenoxy) is 1. The Labute approximate surface area is 173 Å². The summed E-state index contributed by atoms with van der Waals surface area (Å²) in [5, 5.41) is 3.53. The van der Waals surface area contributed by atoms with Gasteiger partial charge in [-0.05, 0) is 6.54 Å². The minimum absolute atomic E-state index is 0.830. The molecule has 7 nitrogen and oxygen atoms in total. The van der Waals surface area contributed by atoms with Crippen LogP contribution in [0.4, 0.5) is 11.8 Å². The van der Waals surface area contributed by atoms with Gasteiger partial charge in [-0.1, -0.05) is 37.3 Å². The predicted octanol–water partition coefficient (Wildman–Crippen LogP) is 2.03. The summed E-state index contributed by atoms with van der Waals surface area (Å²) in [6.07, 6.45) is 0. The molecule has 2 fully saturated rings. The molecule has 1 aromatic heterocycles. The Balaban J connectivity index is 1.48. The zero-order valence-corrected chi connectivity index (χ0v) is 17.4. The number of aromatic nitrogens is 2. The highest BCUT2D eigenvalue weighted by atomic mass is 16.5. The monoisotopic (exact) mass is 396 g/mol. The van der Waals surface area contributed by atoms with E-state index in [-0.39, 0.29) is 0 Å². The van der Waals surface area contributed by atoms with Gasteiger partial charge in [-0.3, -0.25) is 4.90 Å². The van der Waals surface area contributed by atoms with Crippen LogP contribution in [0, 0.1) is 0 Å². The van der Waals surface area contributed by atoms with E-state index < -0.39 is 0 Å². The molecule has 0 aliphatic carbocycles. The highest BCUT2D eigenvalue weighted by Crippen LogP contribution is 2.23. The summed E-state index contributed by atoms with van der Waals surface area (Å²) < 4.78 is 5.44. The van der Waals surface area contributed by atoms with Crippen LogP contribution in [0.2, 0.25) is 0 Å². The van der Waals surface area contributed by atoms with Gasteiger partial charge in [0.15, 0.2) is 0 Å². The van der Waals surface area contributed by atoms with E-state index in [2.05, 4.69) is 57.3 Å². The molecule has 2 saturated heterocycles. The number of hydrogen-bond acceptors (Lipinski definition) is 7. The van der Waals surface area contributed by atoms with Crippen LogP contribution >= 0.6 is 0 Å². The molecule has 0 unspecified atom stereocenters. The van der Waals surface area contributed by atoms with Crippen molar-refractivity contribution in [3.8, 4) is 11.3 Å². The van der Waals surface area contributed by atoms with Crippen molar-refractivity contribution in [3.05, 3.63) is 36.4 Å². The van der Waals surface area contributed by atoms with Crippen LogP contribution < -0.4 is 10.2 Å². The molecular weight excluding hydrogens is 364 g/mol. The van der Waals surface area contributed by atoms with Crippen LogP contribution in [0.3, 0.4) is 0 Å². The Morgan fingerprint density at radius 1 is 0.931 bits per heavy atom. The molecule has 7 heteroatoms. The summed E-state index contributed by atoms with van der Waals surface area (Å²) in [7, 11) is 0. The molecule has 1 aromatic carbocycles. The van der Waals surface area contributed by atoms with Crippen molar-refractivity contribution in [2.24, 2.45) is 0 Å². The average molecular weight is 397 g/mol. The van der Waals surface area contributed by atoms with Crippen LogP contribution in [0.15, 0.2) is 36.4 Å². The zero-order valence-electron chi connectivity index (χ0n) is 17.4. The van der Waals surface area contributed by atoms with Gasteiger partial charge >= 0.3 is 0 Å². The van der Waals surface area contributed by atoms with Gasteiger partial charge in [0, 0.05) is 64.0 Å². The fourth-order valence-electron chi connectivity index (χ4n) is 3.85. The number of likely N-dealkylation sites (N-methyl/N-ethyl adjacent to an activating group) is 1. The number of morpholine rings is 1. The average Bonchev–Trinajstić information content (AvgIpc) is 2.80. The first-order chi connectivity index (χ1) is 14.3. The predicted molar refractivity (Wildman–Crippen MR) is 118 cm³/mol. The molecule has 29 heavy (non-hydrogen) atoms. The van der Waals surface area contributed by atoms with Gasteiger partial charge in [0.1, 0.15) is 5.82 Å². The maximum atomic E-state index is 5.44. The number of nitrogens with zero attached hydrogens (tertiary/aromatic N) is 5. The molecule has 1 N–H and O–H groups in total. The lowest BCUT2D eigenvalue weighted by Crippen LogP contribution is -2.46. The lowest BCUT2D eigenvalue weighted by atomic mass is 10.1. The normalized spacial score (nSPS) is 18.7. The molecule has 2 aliphatic rings. The summed E-state index contributed by atoms with van der Waals surface area (Å²) in [5.41, 5.74) is 2.10. The SMILES string of the molecule is CCN1CCN(c2nc(NCCN3CCOCC3)cc(-c3ccccc3)n2)CC1. The molecule has 0 radical (unpaired) electrons. The number of benzene rings is 1. The topological polar surface area (TPSA) is 56.8 Å². The third-order valence-electron chi connectivity index (χ3n) is 5.72. The largest absolute Gasteiger partial charge is 0.379 e. The smallest absolute Gasteiger partial charge is 0.227 e. The van der Waals surface area contributed by atoms with Gasteiger partial charge < -0.3 is 19.9 Å². The molecule has 0 spiro atoms. The van der Waals surface area contributed by atoms with Crippen molar-refractivity contribution in [2.75, 3.05) is 82.3 Å². The molecule has 156 valence electrons. The van der Waals surface area contributed by atoms with Crippen molar-refractivity contribution in [2.45, 2.75) is 6.92 Å². The van der Waals surface area contributed by atoms with Crippen molar-refractivity contribution in [3.63, 3.8) is 0 Å². The third-order valence-corrected chi connectivity index (χ3v) is 5.72. The molecular formula is C22H32N6O. The van der Waals surface area contributed by atoms with Crippen molar-refractivity contribution in [1.82, 2.24) is 19.8 Å². The molecule has 0 atom stereocenters. The number of piperazine rings is 1. The third kappa shape index (κ3) is 5.44. The minimum Gasteiger partial charge on any atom is -0.379 e. The van der Waals surface area contributed by atoms with Gasteiger partial charge in [-0.25, -0.2) is 4.98 Å². The Kier molecular flexibility index (Phi) is 6.92. The zero-order chi connectivity index (χ0) is 19.9. The lowest BCUT2D eigenvalue weighted by molar-refractivity contribution is 0.0398. The number of hydrogen-bond donors (Lipinski definition) is 1. The Bertz CT molecular complexity index is 757. The van der Waals surface area contributed by atoms with E-state index in [4.69, 9.17) is 14.7 Å². The lowest BCUT2D eigenvalue weighted by Gasteiger charge is -2.34. The van der Waals surface area contributed by atoms with Crippen molar-refractivity contribution in [1.29, 1.82) is 0 Å². The standard InChI is InChI=1S/C22H32N6O/c1-2-26-10-12-28(13-11-26)22-24-20(19-6-4-3-5-7-19)18-21(25-22)23-8-9-27-14-16-29-17-15-27/h3-7,18H,2,8-17H2,1H3,(H,23,24,25). The fourth-order valence-corrected chi connectivity index (χ4v) is 3.85. The number of nitrogens with one attached hydrogen (secondary N) is 1. The van der Waals surface area contributed by atoms with Crippen LogP contribution in [-0.2, 0) is 4.74 Å². The quantitative estimate of drug-likeness (QED) is 0.768. The molecule has 3 heterocycles. The Morgan fingerprint density at radius 2 is 1.69 bits per heavy atom. The summed E-state index contributed by atoms with van der Waals surface area (Å²) >= 11 is 0. The van der Waals surface area contributed by atoms with E-state index in [0.717, 1.165) is 95.1 Å². The molecule has 0 saturated carbocycles. The molecule has 0 bridgehead atoms. The number of anilines is 2. The van der Waals surface area contributed by atoms with Gasteiger partial charge in [0.25, 0.3) is 0 Å². The van der Waals surface area contributed by atoms with Crippen LogP contribution in [0.1, 0.15) is 6.92 Å². The fraction of sp³-hybridized carbons (Fsp3) is 0.545. The first-order valence-electron chi connectivity index (χ1n) is 10.8. The van der Waals surface area contributed by atoms with E-state index in [1.165, 1.54) is 0 Å². The molecule has 2 aromatic rings. The second-order valence-corrected chi connectivity index (χ2v) is 7.61. The van der Waals surface area contributed by atoms with E-state index in [9.17, 15) is 0 Å². The Morgan fingerprint density at radius 3 is 2.41 bits per heavy atom. The molecule has 2 aliphatic heterocycles. The highest BCUT2D eigenvalue weighted by molar-refractivity contribution is 5.64. The molecule has 0 amide bonds. The van der Waals surface area contributed by atoms with E-state index in [0.29, 0.717) is 0 Å². The minimum atomic E-state index is 0.830. The number of rotatable bonds is 7. The van der Waals surface area contributed by atoms with E-state index in [1.807, 2.05) is 6.07 Å². The first kappa shape index (κ1) is 20.1.